The molecule has 166 valence electrons. The number of carboxylic acid groups (broad SMARTS) is 1. The Bertz CT molecular complexity index is 946. The quantitative estimate of drug-likeness (QED) is 0.484. The number of hydrogen-bond donors (Lipinski definition) is 1. The highest BCUT2D eigenvalue weighted by Crippen LogP contribution is 2.45. The highest BCUT2D eigenvalue weighted by molar-refractivity contribution is 6.33. The van der Waals surface area contributed by atoms with Crippen molar-refractivity contribution in [1.82, 2.24) is 0 Å². The van der Waals surface area contributed by atoms with Gasteiger partial charge in [-0.3, -0.25) is 4.79 Å². The average molecular weight is 453 g/mol. The van der Waals surface area contributed by atoms with Crippen molar-refractivity contribution in [2.24, 2.45) is 11.8 Å². The Labute approximate surface area is 184 Å². The van der Waals surface area contributed by atoms with E-state index < -0.39 is 23.6 Å². The lowest BCUT2D eigenvalue weighted by molar-refractivity contribution is -0.140. The largest absolute Gasteiger partial charge is 0.493 e. The molecule has 0 heterocycles. The summed E-state index contributed by atoms with van der Waals surface area (Å²) >= 11 is 6.59. The van der Waals surface area contributed by atoms with Crippen molar-refractivity contribution in [2.45, 2.75) is 50.6 Å². The van der Waals surface area contributed by atoms with Gasteiger partial charge >= 0.3 is 12.1 Å². The van der Waals surface area contributed by atoms with Crippen molar-refractivity contribution in [3.8, 4) is 16.9 Å². The van der Waals surface area contributed by atoms with Crippen molar-refractivity contribution in [3.63, 3.8) is 0 Å². The normalized spacial score (nSPS) is 18.2. The topological polar surface area (TPSA) is 46.5 Å². The molecule has 0 bridgehead atoms. The van der Waals surface area contributed by atoms with Crippen LogP contribution in [0.3, 0.4) is 0 Å². The summed E-state index contributed by atoms with van der Waals surface area (Å²) < 4.78 is 44.9. The second-order valence-corrected chi connectivity index (χ2v) is 8.97. The van der Waals surface area contributed by atoms with E-state index in [1.807, 2.05) is 0 Å². The Kier molecular flexibility index (Phi) is 6.20. The summed E-state index contributed by atoms with van der Waals surface area (Å²) in [5, 5.41) is 10.2. The van der Waals surface area contributed by atoms with Crippen LogP contribution in [0.5, 0.6) is 5.75 Å². The van der Waals surface area contributed by atoms with Crippen LogP contribution in [-0.2, 0) is 11.0 Å². The first kappa shape index (κ1) is 22.0. The van der Waals surface area contributed by atoms with E-state index in [9.17, 15) is 23.1 Å². The van der Waals surface area contributed by atoms with E-state index in [-0.39, 0.29) is 10.9 Å². The zero-order valence-electron chi connectivity index (χ0n) is 16.9. The summed E-state index contributed by atoms with van der Waals surface area (Å²) in [6.07, 6.45) is 1.45. The van der Waals surface area contributed by atoms with Gasteiger partial charge in [0.2, 0.25) is 0 Å². The maximum absolute atomic E-state index is 13.0. The molecular weight excluding hydrogens is 429 g/mol. The van der Waals surface area contributed by atoms with Gasteiger partial charge in [-0.1, -0.05) is 36.6 Å². The smallest absolute Gasteiger partial charge is 0.416 e. The number of alkyl halides is 3. The predicted octanol–water partition coefficient (Wildman–Crippen LogP) is 7.17. The monoisotopic (exact) mass is 452 g/mol. The minimum Gasteiger partial charge on any atom is -0.493 e. The van der Waals surface area contributed by atoms with Gasteiger partial charge in [0.05, 0.1) is 23.1 Å². The number of rotatable bonds is 7. The van der Waals surface area contributed by atoms with Crippen LogP contribution in [0.1, 0.15) is 55.6 Å². The highest BCUT2D eigenvalue weighted by atomic mass is 35.5. The fourth-order valence-electron chi connectivity index (χ4n) is 4.40. The first-order valence-corrected chi connectivity index (χ1v) is 11.0. The fourth-order valence-corrected chi connectivity index (χ4v) is 4.73. The van der Waals surface area contributed by atoms with E-state index in [1.54, 1.807) is 12.1 Å². The molecule has 31 heavy (non-hydrogen) atoms. The molecule has 4 rings (SSSR count). The molecule has 3 nitrogen and oxygen atoms in total. The van der Waals surface area contributed by atoms with Gasteiger partial charge in [0.1, 0.15) is 5.75 Å². The summed E-state index contributed by atoms with van der Waals surface area (Å²) in [7, 11) is 0. The molecule has 0 amide bonds. The Morgan fingerprint density at radius 2 is 1.74 bits per heavy atom. The fraction of sp³-hybridized carbons (Fsp3) is 0.458. The van der Waals surface area contributed by atoms with Crippen molar-refractivity contribution in [2.75, 3.05) is 6.61 Å². The standard InChI is InChI=1S/C24H24ClF3O3/c25-19-11-17(21(23(29)30)15-3-1-2-4-15)12-20(31-13-14-5-6-14)22(19)16-7-9-18(10-8-16)24(26,27)28/h7-12,14-15,21H,1-6,13H2,(H,29,30). The number of benzene rings is 2. The maximum Gasteiger partial charge on any atom is 0.416 e. The summed E-state index contributed by atoms with van der Waals surface area (Å²) in [6, 6.07) is 8.14. The molecule has 2 aromatic rings. The van der Waals surface area contributed by atoms with Gasteiger partial charge in [-0.15, -0.1) is 0 Å². The molecule has 0 aliphatic heterocycles. The first-order valence-electron chi connectivity index (χ1n) is 10.6. The van der Waals surface area contributed by atoms with Gasteiger partial charge in [-0.2, -0.15) is 13.2 Å². The third-order valence-corrected chi connectivity index (χ3v) is 6.54. The Balaban J connectivity index is 1.74. The molecule has 0 radical (unpaired) electrons. The zero-order chi connectivity index (χ0) is 22.2. The number of hydrogen-bond acceptors (Lipinski definition) is 2. The van der Waals surface area contributed by atoms with E-state index in [2.05, 4.69) is 0 Å². The summed E-state index contributed by atoms with van der Waals surface area (Å²) in [5.74, 6) is -0.642. The lowest BCUT2D eigenvalue weighted by atomic mass is 9.84. The van der Waals surface area contributed by atoms with Gasteiger partial charge in [-0.05, 0) is 72.9 Å². The molecule has 2 aromatic carbocycles. The molecule has 2 aliphatic carbocycles. The van der Waals surface area contributed by atoms with Crippen LogP contribution in [-0.4, -0.2) is 17.7 Å². The minimum atomic E-state index is -4.42. The van der Waals surface area contributed by atoms with Crippen LogP contribution in [0.15, 0.2) is 36.4 Å². The van der Waals surface area contributed by atoms with Crippen molar-refractivity contribution >= 4 is 17.6 Å². The van der Waals surface area contributed by atoms with Crippen LogP contribution in [0.4, 0.5) is 13.2 Å². The third kappa shape index (κ3) is 5.00. The van der Waals surface area contributed by atoms with Crippen LogP contribution >= 0.6 is 11.6 Å². The van der Waals surface area contributed by atoms with E-state index >= 15 is 0 Å². The van der Waals surface area contributed by atoms with Crippen LogP contribution in [0, 0.1) is 11.8 Å². The molecule has 2 fully saturated rings. The number of carboxylic acids is 1. The molecule has 2 aliphatic rings. The van der Waals surface area contributed by atoms with Gasteiger partial charge in [-0.25, -0.2) is 0 Å². The lowest BCUT2D eigenvalue weighted by Crippen LogP contribution is -2.20. The van der Waals surface area contributed by atoms with Gasteiger partial charge in [0, 0.05) is 5.56 Å². The minimum absolute atomic E-state index is 0.0433. The molecule has 7 heteroatoms. The van der Waals surface area contributed by atoms with Gasteiger partial charge in [0.25, 0.3) is 0 Å². The highest BCUT2D eigenvalue weighted by Gasteiger charge is 2.34. The van der Waals surface area contributed by atoms with Crippen LogP contribution in [0.2, 0.25) is 5.02 Å². The van der Waals surface area contributed by atoms with Gasteiger partial charge < -0.3 is 9.84 Å². The van der Waals surface area contributed by atoms with Crippen molar-refractivity contribution in [1.29, 1.82) is 0 Å². The molecule has 0 aromatic heterocycles. The first-order chi connectivity index (χ1) is 14.7. The van der Waals surface area contributed by atoms with Crippen LogP contribution in [0.25, 0.3) is 11.1 Å². The summed E-state index contributed by atoms with van der Waals surface area (Å²) in [4.78, 5) is 12.1. The van der Waals surface area contributed by atoms with E-state index in [1.165, 1.54) is 12.1 Å². The molecule has 2 saturated carbocycles. The molecule has 1 unspecified atom stereocenters. The Morgan fingerprint density at radius 3 is 2.29 bits per heavy atom. The lowest BCUT2D eigenvalue weighted by Gasteiger charge is -2.22. The molecule has 0 saturated heterocycles. The third-order valence-electron chi connectivity index (χ3n) is 6.25. The molecule has 0 spiro atoms. The zero-order valence-corrected chi connectivity index (χ0v) is 17.7. The summed E-state index contributed by atoms with van der Waals surface area (Å²) in [6.45, 7) is 0.481. The Morgan fingerprint density at radius 1 is 1.10 bits per heavy atom. The predicted molar refractivity (Wildman–Crippen MR) is 112 cm³/mol. The number of aliphatic carboxylic acids is 1. The second-order valence-electron chi connectivity index (χ2n) is 8.57. The van der Waals surface area contributed by atoms with Crippen molar-refractivity contribution in [3.05, 3.63) is 52.5 Å². The average Bonchev–Trinajstić information content (AvgIpc) is 3.39. The SMILES string of the molecule is O=C(O)C(c1cc(Cl)c(-c2ccc(C(F)(F)F)cc2)c(OCC2CC2)c1)C1CCCC1. The molecule has 1 atom stereocenters. The second kappa shape index (κ2) is 8.73. The molecule has 1 N–H and O–H groups in total. The van der Waals surface area contributed by atoms with Gasteiger partial charge in [0.15, 0.2) is 0 Å². The van der Waals surface area contributed by atoms with E-state index in [0.29, 0.717) is 35.0 Å². The molecular formula is C24H24ClF3O3. The van der Waals surface area contributed by atoms with E-state index in [4.69, 9.17) is 16.3 Å². The number of carbonyl (C=O) groups is 1. The number of ether oxygens (including phenoxy) is 1. The maximum atomic E-state index is 13.0. The van der Waals surface area contributed by atoms with E-state index in [0.717, 1.165) is 50.7 Å². The number of halogens is 4. The summed E-state index contributed by atoms with van der Waals surface area (Å²) in [5.41, 5.74) is 0.848. The van der Waals surface area contributed by atoms with Crippen LogP contribution < -0.4 is 4.74 Å². The Hall–Kier alpha value is -2.21. The van der Waals surface area contributed by atoms with Crippen molar-refractivity contribution < 1.29 is 27.8 Å².